The first-order valence-corrected chi connectivity index (χ1v) is 9.53. The molecule has 1 heterocycles. The fourth-order valence-corrected chi connectivity index (χ4v) is 3.20. The summed E-state index contributed by atoms with van der Waals surface area (Å²) in [5, 5.41) is 11.4. The van der Waals surface area contributed by atoms with Crippen LogP contribution in [0.15, 0.2) is 66.7 Å². The number of fused-ring (bicyclic) bond motifs is 1. The van der Waals surface area contributed by atoms with Crippen LogP contribution in [0.3, 0.4) is 0 Å². The number of amides is 1. The van der Waals surface area contributed by atoms with E-state index >= 15 is 0 Å². The molecule has 0 spiro atoms. The van der Waals surface area contributed by atoms with Crippen LogP contribution in [-0.4, -0.2) is 35.1 Å². The molecule has 0 saturated carbocycles. The molecule has 0 bridgehead atoms. The van der Waals surface area contributed by atoms with Gasteiger partial charge in [0, 0.05) is 12.1 Å². The lowest BCUT2D eigenvalue weighted by molar-refractivity contribution is 0.0951. The van der Waals surface area contributed by atoms with Gasteiger partial charge < -0.3 is 14.8 Å². The van der Waals surface area contributed by atoms with E-state index in [9.17, 15) is 4.79 Å². The molecule has 0 saturated heterocycles. The van der Waals surface area contributed by atoms with Crippen LogP contribution in [0.1, 0.15) is 21.5 Å². The summed E-state index contributed by atoms with van der Waals surface area (Å²) in [5.74, 6) is 1.41. The maximum atomic E-state index is 12.6. The van der Waals surface area contributed by atoms with Gasteiger partial charge in [-0.1, -0.05) is 29.5 Å². The zero-order chi connectivity index (χ0) is 20.9. The molecule has 1 amide bonds. The van der Waals surface area contributed by atoms with Crippen molar-refractivity contribution in [1.82, 2.24) is 20.3 Å². The quantitative estimate of drug-likeness (QED) is 0.512. The number of aromatic nitrogens is 3. The van der Waals surface area contributed by atoms with Gasteiger partial charge in [0.2, 0.25) is 0 Å². The van der Waals surface area contributed by atoms with Crippen molar-refractivity contribution < 1.29 is 14.3 Å². The highest BCUT2D eigenvalue weighted by molar-refractivity contribution is 5.97. The summed E-state index contributed by atoms with van der Waals surface area (Å²) < 4.78 is 12.2. The first-order chi connectivity index (χ1) is 14.7. The first kappa shape index (κ1) is 19.4. The summed E-state index contributed by atoms with van der Waals surface area (Å²) in [7, 11) is 3.26. The minimum absolute atomic E-state index is 0.163. The molecule has 152 valence electrons. The van der Waals surface area contributed by atoms with E-state index in [1.165, 1.54) is 0 Å². The minimum atomic E-state index is -0.163. The molecule has 0 fully saturated rings. The van der Waals surface area contributed by atoms with Crippen molar-refractivity contribution in [1.29, 1.82) is 0 Å². The number of hydrogen-bond acceptors (Lipinski definition) is 5. The molecule has 7 nitrogen and oxygen atoms in total. The second-order valence-electron chi connectivity index (χ2n) is 6.83. The Labute approximate surface area is 174 Å². The Morgan fingerprint density at radius 1 is 0.933 bits per heavy atom. The lowest BCUT2D eigenvalue weighted by atomic mass is 10.1. The Morgan fingerprint density at radius 3 is 2.50 bits per heavy atom. The molecule has 7 heteroatoms. The lowest BCUT2D eigenvalue weighted by Crippen LogP contribution is -2.22. The van der Waals surface area contributed by atoms with E-state index < -0.39 is 0 Å². The highest BCUT2D eigenvalue weighted by atomic mass is 16.5. The summed E-state index contributed by atoms with van der Waals surface area (Å²) in [6.07, 6.45) is 0. The Hall–Kier alpha value is -3.87. The molecule has 0 aliphatic rings. The van der Waals surface area contributed by atoms with Crippen molar-refractivity contribution in [3.63, 3.8) is 0 Å². The minimum Gasteiger partial charge on any atom is -0.497 e. The van der Waals surface area contributed by atoms with Gasteiger partial charge >= 0.3 is 0 Å². The van der Waals surface area contributed by atoms with Crippen LogP contribution in [0.2, 0.25) is 0 Å². The van der Waals surface area contributed by atoms with Crippen molar-refractivity contribution in [2.75, 3.05) is 14.2 Å². The fourth-order valence-electron chi connectivity index (χ4n) is 3.20. The van der Waals surface area contributed by atoms with Gasteiger partial charge in [0.05, 0.1) is 26.3 Å². The van der Waals surface area contributed by atoms with Gasteiger partial charge in [0.25, 0.3) is 5.91 Å². The summed E-state index contributed by atoms with van der Waals surface area (Å²) in [6.45, 7) is 1.00. The summed E-state index contributed by atoms with van der Waals surface area (Å²) in [6, 6.07) is 20.8. The molecule has 3 aromatic carbocycles. The van der Waals surface area contributed by atoms with Crippen molar-refractivity contribution in [3.05, 3.63) is 83.4 Å². The number of nitrogens with one attached hydrogen (secondary N) is 1. The van der Waals surface area contributed by atoms with E-state index in [-0.39, 0.29) is 5.91 Å². The van der Waals surface area contributed by atoms with Gasteiger partial charge in [-0.2, -0.15) is 0 Å². The molecule has 0 aliphatic carbocycles. The van der Waals surface area contributed by atoms with Crippen molar-refractivity contribution >= 4 is 16.9 Å². The van der Waals surface area contributed by atoms with Crippen LogP contribution in [0.4, 0.5) is 0 Å². The molecular weight excluding hydrogens is 380 g/mol. The molecule has 30 heavy (non-hydrogen) atoms. The van der Waals surface area contributed by atoms with E-state index in [1.807, 2.05) is 59.3 Å². The van der Waals surface area contributed by atoms with Gasteiger partial charge in [0.1, 0.15) is 17.0 Å². The Kier molecular flexibility index (Phi) is 5.61. The fraction of sp³-hybridized carbons (Fsp3) is 0.174. The number of methoxy groups -OCH3 is 2. The standard InChI is InChI=1S/C23H22N4O3/c1-29-19-9-6-16(7-10-19)15-27-22-11-8-18(13-21(22)25-26-27)23(28)24-14-17-4-3-5-20(12-17)30-2/h3-13H,14-15H2,1-2H3,(H,24,28). The van der Waals surface area contributed by atoms with Crippen LogP contribution in [0, 0.1) is 0 Å². The van der Waals surface area contributed by atoms with E-state index in [1.54, 1.807) is 26.4 Å². The van der Waals surface area contributed by atoms with E-state index in [0.717, 1.165) is 28.1 Å². The maximum absolute atomic E-state index is 12.6. The maximum Gasteiger partial charge on any atom is 0.251 e. The largest absolute Gasteiger partial charge is 0.497 e. The van der Waals surface area contributed by atoms with Crippen LogP contribution in [0.25, 0.3) is 11.0 Å². The summed E-state index contributed by atoms with van der Waals surface area (Å²) >= 11 is 0. The SMILES string of the molecule is COc1ccc(Cn2nnc3cc(C(=O)NCc4cccc(OC)c4)ccc32)cc1. The van der Waals surface area contributed by atoms with Crippen LogP contribution < -0.4 is 14.8 Å². The van der Waals surface area contributed by atoms with Crippen molar-refractivity contribution in [2.45, 2.75) is 13.1 Å². The van der Waals surface area contributed by atoms with Gasteiger partial charge in [-0.3, -0.25) is 4.79 Å². The van der Waals surface area contributed by atoms with Crippen molar-refractivity contribution in [3.8, 4) is 11.5 Å². The third-order valence-corrected chi connectivity index (χ3v) is 4.85. The zero-order valence-electron chi connectivity index (χ0n) is 16.8. The van der Waals surface area contributed by atoms with Crippen LogP contribution in [0.5, 0.6) is 11.5 Å². The Bertz CT molecular complexity index is 1170. The molecule has 0 unspecified atom stereocenters. The third-order valence-electron chi connectivity index (χ3n) is 4.85. The molecule has 0 aliphatic heterocycles. The summed E-state index contributed by atoms with van der Waals surface area (Å²) in [5.41, 5.74) is 4.14. The first-order valence-electron chi connectivity index (χ1n) is 9.53. The number of carbonyl (C=O) groups excluding carboxylic acids is 1. The van der Waals surface area contributed by atoms with E-state index in [4.69, 9.17) is 9.47 Å². The van der Waals surface area contributed by atoms with Crippen LogP contribution in [-0.2, 0) is 13.1 Å². The number of hydrogen-bond donors (Lipinski definition) is 1. The number of nitrogens with zero attached hydrogens (tertiary/aromatic N) is 3. The van der Waals surface area contributed by atoms with Gasteiger partial charge in [0.15, 0.2) is 0 Å². The normalized spacial score (nSPS) is 10.7. The van der Waals surface area contributed by atoms with E-state index in [2.05, 4.69) is 15.6 Å². The number of ether oxygens (including phenoxy) is 2. The molecule has 1 N–H and O–H groups in total. The molecular formula is C23H22N4O3. The van der Waals surface area contributed by atoms with E-state index in [0.29, 0.717) is 24.2 Å². The monoisotopic (exact) mass is 402 g/mol. The lowest BCUT2D eigenvalue weighted by Gasteiger charge is -2.07. The molecule has 4 rings (SSSR count). The predicted molar refractivity (Wildman–Crippen MR) is 114 cm³/mol. The Morgan fingerprint density at radius 2 is 1.73 bits per heavy atom. The smallest absolute Gasteiger partial charge is 0.251 e. The van der Waals surface area contributed by atoms with Gasteiger partial charge in [-0.05, 0) is 53.6 Å². The highest BCUT2D eigenvalue weighted by Crippen LogP contribution is 2.17. The second-order valence-corrected chi connectivity index (χ2v) is 6.83. The molecule has 4 aromatic rings. The summed E-state index contributed by atoms with van der Waals surface area (Å²) in [4.78, 5) is 12.6. The molecule has 0 atom stereocenters. The predicted octanol–water partition coefficient (Wildman–Crippen LogP) is 3.43. The Balaban J connectivity index is 1.46. The average Bonchev–Trinajstić information content (AvgIpc) is 3.20. The molecule has 1 aromatic heterocycles. The average molecular weight is 402 g/mol. The van der Waals surface area contributed by atoms with Crippen LogP contribution >= 0.6 is 0 Å². The van der Waals surface area contributed by atoms with Crippen molar-refractivity contribution in [2.24, 2.45) is 0 Å². The topological polar surface area (TPSA) is 78.3 Å². The van der Waals surface area contributed by atoms with Gasteiger partial charge in [-0.15, -0.1) is 5.10 Å². The molecule has 0 radical (unpaired) electrons. The zero-order valence-corrected chi connectivity index (χ0v) is 16.8. The number of carbonyl (C=O) groups is 1. The number of rotatable bonds is 7. The third kappa shape index (κ3) is 4.25. The second kappa shape index (κ2) is 8.65. The number of benzene rings is 3. The van der Waals surface area contributed by atoms with Gasteiger partial charge in [-0.25, -0.2) is 4.68 Å². The highest BCUT2D eigenvalue weighted by Gasteiger charge is 2.11.